The van der Waals surface area contributed by atoms with Crippen molar-refractivity contribution in [2.75, 3.05) is 13.2 Å². The lowest BCUT2D eigenvalue weighted by Gasteiger charge is -2.15. The molecule has 0 aromatic carbocycles. The van der Waals surface area contributed by atoms with Gasteiger partial charge in [-0.1, -0.05) is 260 Å². The summed E-state index contributed by atoms with van der Waals surface area (Å²) in [7, 11) is 0. The number of aliphatic hydroxyl groups is 1. The van der Waals surface area contributed by atoms with Crippen LogP contribution in [0.25, 0.3) is 0 Å². The summed E-state index contributed by atoms with van der Waals surface area (Å²) in [4.78, 5) is 24.3. The summed E-state index contributed by atoms with van der Waals surface area (Å²) < 4.78 is 10.6. The molecular formula is C58H102O5. The number of rotatable bonds is 49. The Labute approximate surface area is 391 Å². The van der Waals surface area contributed by atoms with E-state index in [1.165, 1.54) is 161 Å². The Morgan fingerprint density at radius 3 is 1.03 bits per heavy atom. The molecule has 364 valence electrons. The first-order valence-electron chi connectivity index (χ1n) is 27.0. The van der Waals surface area contributed by atoms with Gasteiger partial charge < -0.3 is 14.6 Å². The highest BCUT2D eigenvalue weighted by Gasteiger charge is 2.16. The molecule has 63 heavy (non-hydrogen) atoms. The molecule has 5 nitrogen and oxygen atoms in total. The predicted molar refractivity (Wildman–Crippen MR) is 274 cm³/mol. The molecule has 0 aromatic heterocycles. The minimum absolute atomic E-state index is 0.0622. The summed E-state index contributed by atoms with van der Waals surface area (Å²) in [6.45, 7) is 4.02. The number of hydrogen-bond acceptors (Lipinski definition) is 5. The van der Waals surface area contributed by atoms with Crippen molar-refractivity contribution in [2.24, 2.45) is 0 Å². The standard InChI is InChI=1S/C58H102O5/c1-3-5-7-9-11-13-15-16-17-18-19-20-21-22-23-24-25-26-27-28-29-30-31-32-33-34-35-36-37-38-39-40-41-42-43-45-47-49-51-53-58(61)63-56(54-59)55-62-57(60)52-50-48-46-44-14-12-10-8-6-4-2/h5,7,11,13,16-17,19-20,22-23,25-26,56,59H,3-4,6,8-10,12,14-15,18,21,24,27-55H2,1-2H3/b7-5-,13-11-,17-16-,20-19-,23-22-,26-25-. The summed E-state index contributed by atoms with van der Waals surface area (Å²) in [5, 5.41) is 9.59. The van der Waals surface area contributed by atoms with E-state index in [0.29, 0.717) is 12.8 Å². The highest BCUT2D eigenvalue weighted by molar-refractivity contribution is 5.70. The van der Waals surface area contributed by atoms with Gasteiger partial charge in [-0.15, -0.1) is 0 Å². The van der Waals surface area contributed by atoms with E-state index in [1.807, 2.05) is 0 Å². The van der Waals surface area contributed by atoms with Gasteiger partial charge in [0.05, 0.1) is 6.61 Å². The lowest BCUT2D eigenvalue weighted by molar-refractivity contribution is -0.161. The van der Waals surface area contributed by atoms with Gasteiger partial charge in [0.1, 0.15) is 6.61 Å². The van der Waals surface area contributed by atoms with E-state index in [1.54, 1.807) is 0 Å². The fraction of sp³-hybridized carbons (Fsp3) is 0.759. The molecule has 0 spiro atoms. The van der Waals surface area contributed by atoms with E-state index in [2.05, 4.69) is 86.8 Å². The Balaban J connectivity index is 3.42. The van der Waals surface area contributed by atoms with Gasteiger partial charge in [0.25, 0.3) is 0 Å². The Bertz CT molecular complexity index is 1130. The molecule has 0 aliphatic rings. The van der Waals surface area contributed by atoms with Crippen LogP contribution < -0.4 is 0 Å². The molecule has 0 radical (unpaired) electrons. The second-order valence-corrected chi connectivity index (χ2v) is 17.9. The average molecular weight is 879 g/mol. The van der Waals surface area contributed by atoms with E-state index in [9.17, 15) is 14.7 Å². The molecule has 0 amide bonds. The predicted octanol–water partition coefficient (Wildman–Crippen LogP) is 18.0. The number of unbranched alkanes of at least 4 members (excludes halogenated alkanes) is 29. The average Bonchev–Trinajstić information content (AvgIpc) is 3.29. The Kier molecular flexibility index (Phi) is 51.4. The van der Waals surface area contributed by atoms with Crippen molar-refractivity contribution in [3.05, 3.63) is 72.9 Å². The number of hydrogen-bond donors (Lipinski definition) is 1. The van der Waals surface area contributed by atoms with Crippen LogP contribution in [0.1, 0.15) is 264 Å². The maximum Gasteiger partial charge on any atom is 0.306 e. The van der Waals surface area contributed by atoms with Crippen LogP contribution in [-0.4, -0.2) is 36.4 Å². The molecule has 0 aliphatic carbocycles. The largest absolute Gasteiger partial charge is 0.462 e. The third kappa shape index (κ3) is 51.9. The maximum atomic E-state index is 12.2. The first-order chi connectivity index (χ1) is 31.1. The van der Waals surface area contributed by atoms with Crippen LogP contribution in [0.15, 0.2) is 72.9 Å². The molecule has 0 rings (SSSR count). The summed E-state index contributed by atoms with van der Waals surface area (Å²) in [5.41, 5.74) is 0. The van der Waals surface area contributed by atoms with Crippen LogP contribution in [0.3, 0.4) is 0 Å². The lowest BCUT2D eigenvalue weighted by atomic mass is 10.0. The van der Waals surface area contributed by atoms with E-state index in [-0.39, 0.29) is 25.2 Å². The zero-order valence-electron chi connectivity index (χ0n) is 41.6. The first kappa shape index (κ1) is 60.3. The fourth-order valence-corrected chi connectivity index (χ4v) is 7.74. The molecule has 0 aromatic rings. The first-order valence-corrected chi connectivity index (χ1v) is 27.0. The lowest BCUT2D eigenvalue weighted by Crippen LogP contribution is -2.28. The van der Waals surface area contributed by atoms with Gasteiger partial charge in [-0.25, -0.2) is 0 Å². The number of ether oxygens (including phenoxy) is 2. The van der Waals surface area contributed by atoms with Gasteiger partial charge in [-0.05, 0) is 64.2 Å². The normalized spacial score (nSPS) is 12.7. The Hall–Kier alpha value is -2.66. The number of allylic oxidation sites excluding steroid dienone is 12. The van der Waals surface area contributed by atoms with E-state index >= 15 is 0 Å². The highest BCUT2D eigenvalue weighted by Crippen LogP contribution is 2.16. The summed E-state index contributed by atoms with van der Waals surface area (Å²) >= 11 is 0. The van der Waals surface area contributed by atoms with Crippen molar-refractivity contribution in [1.82, 2.24) is 0 Å². The molecule has 0 saturated heterocycles. The van der Waals surface area contributed by atoms with Gasteiger partial charge in [-0.2, -0.15) is 0 Å². The minimum atomic E-state index is -0.768. The molecule has 0 aliphatic heterocycles. The summed E-state index contributed by atoms with van der Waals surface area (Å²) in [5.74, 6) is -0.583. The molecule has 1 unspecified atom stereocenters. The Morgan fingerprint density at radius 2 is 0.683 bits per heavy atom. The van der Waals surface area contributed by atoms with Crippen LogP contribution in [0.4, 0.5) is 0 Å². The van der Waals surface area contributed by atoms with Crippen LogP contribution in [0.2, 0.25) is 0 Å². The van der Waals surface area contributed by atoms with E-state index in [0.717, 1.165) is 77.0 Å². The van der Waals surface area contributed by atoms with Gasteiger partial charge in [0.15, 0.2) is 6.10 Å². The van der Waals surface area contributed by atoms with Gasteiger partial charge in [0, 0.05) is 12.8 Å². The van der Waals surface area contributed by atoms with Crippen LogP contribution in [0, 0.1) is 0 Å². The number of esters is 2. The van der Waals surface area contributed by atoms with Crippen molar-refractivity contribution >= 4 is 11.9 Å². The zero-order valence-corrected chi connectivity index (χ0v) is 41.6. The molecule has 0 heterocycles. The van der Waals surface area contributed by atoms with E-state index < -0.39 is 6.10 Å². The van der Waals surface area contributed by atoms with Crippen LogP contribution in [0.5, 0.6) is 0 Å². The SMILES string of the molecule is CC/C=C\C/C=C\C/C=C\C/C=C\C/C=C\C/C=C\CCCCCCCCCCCCCCCCCCCCCCC(=O)OC(CO)COC(=O)CCCCCCCCCCCC. The molecule has 0 saturated carbocycles. The molecule has 0 bridgehead atoms. The third-order valence-electron chi connectivity index (χ3n) is 11.8. The van der Waals surface area contributed by atoms with Gasteiger partial charge in [0.2, 0.25) is 0 Å². The van der Waals surface area contributed by atoms with Crippen molar-refractivity contribution in [3.63, 3.8) is 0 Å². The zero-order chi connectivity index (χ0) is 45.6. The van der Waals surface area contributed by atoms with Crippen molar-refractivity contribution in [2.45, 2.75) is 270 Å². The summed E-state index contributed by atoms with van der Waals surface area (Å²) in [6.07, 6.45) is 73.2. The van der Waals surface area contributed by atoms with Crippen molar-refractivity contribution < 1.29 is 24.2 Å². The molecule has 5 heteroatoms. The second kappa shape index (κ2) is 53.7. The van der Waals surface area contributed by atoms with Gasteiger partial charge in [-0.3, -0.25) is 9.59 Å². The summed E-state index contributed by atoms with van der Waals surface area (Å²) in [6, 6.07) is 0. The second-order valence-electron chi connectivity index (χ2n) is 17.9. The topological polar surface area (TPSA) is 72.8 Å². The van der Waals surface area contributed by atoms with Gasteiger partial charge >= 0.3 is 11.9 Å². The monoisotopic (exact) mass is 879 g/mol. The quantitative estimate of drug-likeness (QED) is 0.0374. The maximum absolute atomic E-state index is 12.2. The smallest absolute Gasteiger partial charge is 0.306 e. The van der Waals surface area contributed by atoms with Crippen LogP contribution >= 0.6 is 0 Å². The molecule has 1 N–H and O–H groups in total. The number of aliphatic hydroxyl groups excluding tert-OH is 1. The molecular weight excluding hydrogens is 777 g/mol. The van der Waals surface area contributed by atoms with Crippen molar-refractivity contribution in [1.29, 1.82) is 0 Å². The van der Waals surface area contributed by atoms with Crippen molar-refractivity contribution in [3.8, 4) is 0 Å². The molecule has 0 fully saturated rings. The number of carbonyl (C=O) groups is 2. The molecule has 1 atom stereocenters. The fourth-order valence-electron chi connectivity index (χ4n) is 7.74. The van der Waals surface area contributed by atoms with Crippen LogP contribution in [-0.2, 0) is 19.1 Å². The minimum Gasteiger partial charge on any atom is -0.462 e. The number of carbonyl (C=O) groups excluding carboxylic acids is 2. The Morgan fingerprint density at radius 1 is 0.381 bits per heavy atom. The van der Waals surface area contributed by atoms with E-state index in [4.69, 9.17) is 9.47 Å². The highest BCUT2D eigenvalue weighted by atomic mass is 16.6. The third-order valence-corrected chi connectivity index (χ3v) is 11.8.